The monoisotopic (exact) mass is 414 g/mol. The van der Waals surface area contributed by atoms with Crippen molar-refractivity contribution in [1.29, 1.82) is 0 Å². The second kappa shape index (κ2) is 8.86. The van der Waals surface area contributed by atoms with Gasteiger partial charge in [-0.2, -0.15) is 4.31 Å². The third-order valence-corrected chi connectivity index (χ3v) is 6.21. The van der Waals surface area contributed by atoms with Crippen molar-refractivity contribution in [1.82, 2.24) is 4.31 Å². The summed E-state index contributed by atoms with van der Waals surface area (Å²) in [5.74, 6) is -0.534. The number of benzene rings is 2. The summed E-state index contributed by atoms with van der Waals surface area (Å²) in [6.45, 7) is 1.70. The Morgan fingerprint density at radius 1 is 1.08 bits per heavy atom. The molecule has 0 radical (unpaired) electrons. The highest BCUT2D eigenvalue weighted by molar-refractivity contribution is 7.89. The average Bonchev–Trinajstić information content (AvgIpc) is 2.59. The molecule has 0 bridgehead atoms. The number of anilines is 1. The van der Waals surface area contributed by atoms with Crippen LogP contribution in [0.2, 0.25) is 10.0 Å². The molecule has 0 saturated heterocycles. The van der Waals surface area contributed by atoms with Crippen LogP contribution in [0.4, 0.5) is 5.69 Å². The standard InChI is InChI=1S/C18H20Cl2N2O3S/c1-3-5-13-8-10-14(11-9-13)26(24,25)22(2)12-17(23)21-18-15(19)6-4-7-16(18)20/h4,6-11H,3,5,12H2,1-2H3,(H,21,23). The lowest BCUT2D eigenvalue weighted by Crippen LogP contribution is -2.35. The van der Waals surface area contributed by atoms with Gasteiger partial charge in [0.05, 0.1) is 27.2 Å². The highest BCUT2D eigenvalue weighted by atomic mass is 35.5. The average molecular weight is 415 g/mol. The molecule has 2 aromatic carbocycles. The first-order valence-corrected chi connectivity index (χ1v) is 10.2. The van der Waals surface area contributed by atoms with Gasteiger partial charge in [-0.05, 0) is 36.2 Å². The summed E-state index contributed by atoms with van der Waals surface area (Å²) in [4.78, 5) is 12.4. The molecule has 5 nitrogen and oxygen atoms in total. The van der Waals surface area contributed by atoms with E-state index >= 15 is 0 Å². The topological polar surface area (TPSA) is 66.5 Å². The molecule has 0 aliphatic rings. The van der Waals surface area contributed by atoms with E-state index in [0.29, 0.717) is 0 Å². The quantitative estimate of drug-likeness (QED) is 0.737. The highest BCUT2D eigenvalue weighted by Gasteiger charge is 2.23. The molecule has 0 atom stereocenters. The van der Waals surface area contributed by atoms with Gasteiger partial charge in [-0.15, -0.1) is 0 Å². The number of para-hydroxylation sites is 1. The van der Waals surface area contributed by atoms with Gasteiger partial charge in [0.25, 0.3) is 0 Å². The number of carbonyl (C=O) groups is 1. The Balaban J connectivity index is 2.09. The minimum absolute atomic E-state index is 0.142. The van der Waals surface area contributed by atoms with E-state index in [-0.39, 0.29) is 27.2 Å². The van der Waals surface area contributed by atoms with Crippen LogP contribution in [-0.2, 0) is 21.2 Å². The van der Waals surface area contributed by atoms with Gasteiger partial charge >= 0.3 is 0 Å². The van der Waals surface area contributed by atoms with E-state index in [4.69, 9.17) is 23.2 Å². The van der Waals surface area contributed by atoms with Crippen LogP contribution in [0.1, 0.15) is 18.9 Å². The predicted octanol–water partition coefficient (Wildman–Crippen LogP) is 4.21. The molecule has 0 spiro atoms. The molecular weight excluding hydrogens is 395 g/mol. The lowest BCUT2D eigenvalue weighted by atomic mass is 10.1. The summed E-state index contributed by atoms with van der Waals surface area (Å²) in [7, 11) is -2.42. The van der Waals surface area contributed by atoms with Gasteiger partial charge in [-0.3, -0.25) is 4.79 Å². The number of sulfonamides is 1. The fourth-order valence-corrected chi connectivity index (χ4v) is 4.00. The fraction of sp³-hybridized carbons (Fsp3) is 0.278. The molecule has 0 aliphatic heterocycles. The number of aryl methyl sites for hydroxylation is 1. The van der Waals surface area contributed by atoms with Crippen molar-refractivity contribution in [2.24, 2.45) is 0 Å². The molecule has 2 rings (SSSR count). The van der Waals surface area contributed by atoms with E-state index in [9.17, 15) is 13.2 Å². The first-order valence-electron chi connectivity index (χ1n) is 8.05. The summed E-state index contributed by atoms with van der Waals surface area (Å²) in [6.07, 6.45) is 1.87. The van der Waals surface area contributed by atoms with Crippen molar-refractivity contribution in [2.45, 2.75) is 24.7 Å². The molecule has 8 heteroatoms. The van der Waals surface area contributed by atoms with E-state index in [2.05, 4.69) is 12.2 Å². The van der Waals surface area contributed by atoms with Crippen molar-refractivity contribution >= 4 is 44.8 Å². The lowest BCUT2D eigenvalue weighted by molar-refractivity contribution is -0.116. The third kappa shape index (κ3) is 4.98. The van der Waals surface area contributed by atoms with Crippen LogP contribution in [0, 0.1) is 0 Å². The van der Waals surface area contributed by atoms with E-state index in [1.54, 1.807) is 42.5 Å². The minimum atomic E-state index is -3.77. The van der Waals surface area contributed by atoms with Gasteiger partial charge in [0.15, 0.2) is 0 Å². The molecule has 0 heterocycles. The summed E-state index contributed by atoms with van der Waals surface area (Å²) in [6, 6.07) is 11.5. The van der Waals surface area contributed by atoms with Crippen LogP contribution in [0.25, 0.3) is 0 Å². The van der Waals surface area contributed by atoms with Gasteiger partial charge in [0, 0.05) is 7.05 Å². The maximum Gasteiger partial charge on any atom is 0.243 e. The first-order chi connectivity index (χ1) is 12.3. The summed E-state index contributed by atoms with van der Waals surface area (Å²) >= 11 is 12.0. The Bertz CT molecular complexity index is 864. The van der Waals surface area contributed by atoms with Gasteiger partial charge in [0.1, 0.15) is 0 Å². The van der Waals surface area contributed by atoms with Gasteiger partial charge in [0.2, 0.25) is 15.9 Å². The van der Waals surface area contributed by atoms with E-state index in [0.717, 1.165) is 22.7 Å². The molecule has 26 heavy (non-hydrogen) atoms. The number of carbonyl (C=O) groups excluding carboxylic acids is 1. The van der Waals surface area contributed by atoms with Crippen LogP contribution in [0.5, 0.6) is 0 Å². The normalized spacial score (nSPS) is 11.6. The Labute approximate surface area is 164 Å². The molecule has 0 unspecified atom stereocenters. The van der Waals surface area contributed by atoms with Gasteiger partial charge in [-0.25, -0.2) is 8.42 Å². The number of hydrogen-bond donors (Lipinski definition) is 1. The maximum absolute atomic E-state index is 12.6. The van der Waals surface area contributed by atoms with Crippen LogP contribution < -0.4 is 5.32 Å². The molecular formula is C18H20Cl2N2O3S. The lowest BCUT2D eigenvalue weighted by Gasteiger charge is -2.17. The Hall–Kier alpha value is -1.60. The molecule has 0 aliphatic carbocycles. The number of nitrogens with zero attached hydrogens (tertiary/aromatic N) is 1. The molecule has 140 valence electrons. The fourth-order valence-electron chi connectivity index (χ4n) is 2.38. The van der Waals surface area contributed by atoms with Gasteiger partial charge < -0.3 is 5.32 Å². The van der Waals surface area contributed by atoms with Crippen LogP contribution in [0.3, 0.4) is 0 Å². The van der Waals surface area contributed by atoms with Crippen LogP contribution >= 0.6 is 23.2 Å². The molecule has 0 aromatic heterocycles. The molecule has 1 N–H and O–H groups in total. The second-order valence-electron chi connectivity index (χ2n) is 5.80. The van der Waals surface area contributed by atoms with Gasteiger partial charge in [-0.1, -0.05) is 54.7 Å². The van der Waals surface area contributed by atoms with Crippen LogP contribution in [0.15, 0.2) is 47.4 Å². The summed E-state index contributed by atoms with van der Waals surface area (Å²) in [5, 5.41) is 3.11. The van der Waals surface area contributed by atoms with E-state index < -0.39 is 15.9 Å². The van der Waals surface area contributed by atoms with E-state index in [1.807, 2.05) is 0 Å². The zero-order valence-corrected chi connectivity index (χ0v) is 16.8. The number of hydrogen-bond acceptors (Lipinski definition) is 3. The van der Waals surface area contributed by atoms with Crippen molar-refractivity contribution in [3.05, 3.63) is 58.1 Å². The molecule has 2 aromatic rings. The largest absolute Gasteiger partial charge is 0.322 e. The van der Waals surface area contributed by atoms with Crippen molar-refractivity contribution < 1.29 is 13.2 Å². The highest BCUT2D eigenvalue weighted by Crippen LogP contribution is 2.29. The smallest absolute Gasteiger partial charge is 0.243 e. The summed E-state index contributed by atoms with van der Waals surface area (Å²) in [5.41, 5.74) is 1.33. The number of amides is 1. The zero-order valence-electron chi connectivity index (χ0n) is 14.5. The summed E-state index contributed by atoms with van der Waals surface area (Å²) < 4.78 is 26.2. The number of halogens is 2. The number of nitrogens with one attached hydrogen (secondary N) is 1. The van der Waals surface area contributed by atoms with Crippen molar-refractivity contribution in [3.63, 3.8) is 0 Å². The van der Waals surface area contributed by atoms with Crippen molar-refractivity contribution in [3.8, 4) is 0 Å². The zero-order chi connectivity index (χ0) is 19.3. The third-order valence-electron chi connectivity index (χ3n) is 3.76. The molecule has 0 fully saturated rings. The maximum atomic E-state index is 12.6. The Morgan fingerprint density at radius 2 is 1.65 bits per heavy atom. The van der Waals surface area contributed by atoms with Crippen molar-refractivity contribution in [2.75, 3.05) is 18.9 Å². The Kier molecular flexibility index (Phi) is 7.06. The molecule has 0 saturated carbocycles. The SMILES string of the molecule is CCCc1ccc(S(=O)(=O)N(C)CC(=O)Nc2c(Cl)cccc2Cl)cc1. The second-order valence-corrected chi connectivity index (χ2v) is 8.66. The Morgan fingerprint density at radius 3 is 2.19 bits per heavy atom. The number of rotatable bonds is 7. The minimum Gasteiger partial charge on any atom is -0.322 e. The number of likely N-dealkylation sites (N-methyl/N-ethyl adjacent to an activating group) is 1. The first kappa shape index (κ1) is 20.7. The predicted molar refractivity (Wildman–Crippen MR) is 105 cm³/mol. The van der Waals surface area contributed by atoms with Crippen LogP contribution in [-0.4, -0.2) is 32.2 Å². The van der Waals surface area contributed by atoms with E-state index in [1.165, 1.54) is 7.05 Å². The molecule has 1 amide bonds.